The van der Waals surface area contributed by atoms with Gasteiger partial charge in [0, 0.05) is 25.7 Å². The van der Waals surface area contributed by atoms with Crippen LogP contribution in [0.25, 0.3) is 0 Å². The van der Waals surface area contributed by atoms with E-state index in [0.717, 1.165) is 120 Å². The summed E-state index contributed by atoms with van der Waals surface area (Å²) < 4.78 is 68.8. The minimum absolute atomic E-state index is 0.0846. The van der Waals surface area contributed by atoms with Gasteiger partial charge in [-0.25, -0.2) is 9.13 Å². The maximum Gasteiger partial charge on any atom is 0.472 e. The van der Waals surface area contributed by atoms with Crippen molar-refractivity contribution in [3.63, 3.8) is 0 Å². The zero-order chi connectivity index (χ0) is 75.8. The zero-order valence-corrected chi connectivity index (χ0v) is 69.1. The number of ether oxygens (including phenoxy) is 4. The summed E-state index contributed by atoms with van der Waals surface area (Å²) in [4.78, 5) is 73.1. The van der Waals surface area contributed by atoms with Crippen LogP contribution in [-0.4, -0.2) is 96.7 Å². The smallest absolute Gasteiger partial charge is 0.462 e. The molecule has 0 aliphatic heterocycles. The Morgan fingerprint density at radius 2 is 0.573 bits per heavy atom. The molecule has 0 rings (SSSR count). The maximum atomic E-state index is 13.1. The van der Waals surface area contributed by atoms with Crippen molar-refractivity contribution in [2.75, 3.05) is 39.6 Å². The molecule has 0 spiro atoms. The van der Waals surface area contributed by atoms with Crippen molar-refractivity contribution in [2.24, 2.45) is 17.8 Å². The van der Waals surface area contributed by atoms with Crippen LogP contribution in [0.15, 0.2) is 24.3 Å². The highest BCUT2D eigenvalue weighted by Gasteiger charge is 2.30. The van der Waals surface area contributed by atoms with Crippen LogP contribution in [0.1, 0.15) is 414 Å². The Kier molecular flexibility index (Phi) is 71.9. The Hall–Kier alpha value is -2.46. The minimum Gasteiger partial charge on any atom is -0.462 e. The molecule has 0 heterocycles. The van der Waals surface area contributed by atoms with Crippen LogP contribution in [0.2, 0.25) is 0 Å². The average Bonchev–Trinajstić information content (AvgIpc) is 0.981. The molecule has 0 aliphatic carbocycles. The molecule has 103 heavy (non-hydrogen) atoms. The van der Waals surface area contributed by atoms with Crippen molar-refractivity contribution in [3.05, 3.63) is 24.3 Å². The van der Waals surface area contributed by atoms with Gasteiger partial charge in [0.15, 0.2) is 12.2 Å². The first kappa shape index (κ1) is 101. The largest absolute Gasteiger partial charge is 0.472 e. The number of phosphoric acid groups is 2. The van der Waals surface area contributed by atoms with E-state index in [1.54, 1.807) is 0 Å². The normalized spacial score (nSPS) is 14.3. The molecular formula is C84H160O17P2. The maximum absolute atomic E-state index is 13.1. The topological polar surface area (TPSA) is 237 Å². The van der Waals surface area contributed by atoms with Gasteiger partial charge in [0.05, 0.1) is 26.4 Å². The number of esters is 4. The van der Waals surface area contributed by atoms with E-state index in [0.29, 0.717) is 25.7 Å². The molecule has 0 aliphatic rings. The first-order valence-corrected chi connectivity index (χ1v) is 45.7. The van der Waals surface area contributed by atoms with Crippen LogP contribution in [0.5, 0.6) is 0 Å². The summed E-state index contributed by atoms with van der Waals surface area (Å²) in [6.45, 7) is 12.0. The van der Waals surface area contributed by atoms with Crippen LogP contribution in [-0.2, 0) is 65.4 Å². The van der Waals surface area contributed by atoms with Gasteiger partial charge in [0.2, 0.25) is 0 Å². The van der Waals surface area contributed by atoms with Gasteiger partial charge in [-0.15, -0.1) is 0 Å². The number of aliphatic hydroxyl groups excluding tert-OH is 1. The molecule has 0 saturated carbocycles. The number of aliphatic hydroxyl groups is 1. The molecular weight excluding hydrogens is 1340 g/mol. The minimum atomic E-state index is -4.97. The molecule has 17 nitrogen and oxygen atoms in total. The molecule has 0 radical (unpaired) electrons. The molecule has 0 fully saturated rings. The van der Waals surface area contributed by atoms with Crippen molar-refractivity contribution < 1.29 is 80.2 Å². The van der Waals surface area contributed by atoms with Gasteiger partial charge in [0.25, 0.3) is 0 Å². The van der Waals surface area contributed by atoms with E-state index in [9.17, 15) is 43.2 Å². The highest BCUT2D eigenvalue weighted by molar-refractivity contribution is 7.47. The number of phosphoric ester groups is 2. The van der Waals surface area contributed by atoms with Crippen LogP contribution >= 0.6 is 15.6 Å². The second-order valence-corrected chi connectivity index (χ2v) is 33.6. The highest BCUT2D eigenvalue weighted by atomic mass is 31.2. The monoisotopic (exact) mass is 1500 g/mol. The van der Waals surface area contributed by atoms with Crippen LogP contribution in [0.4, 0.5) is 0 Å². The first-order chi connectivity index (χ1) is 49.8. The predicted molar refractivity (Wildman–Crippen MR) is 423 cm³/mol. The lowest BCUT2D eigenvalue weighted by Crippen LogP contribution is -2.30. The lowest BCUT2D eigenvalue weighted by molar-refractivity contribution is -0.161. The van der Waals surface area contributed by atoms with E-state index in [2.05, 4.69) is 72.8 Å². The molecule has 6 atom stereocenters. The number of allylic oxidation sites excluding steroid dienone is 4. The summed E-state index contributed by atoms with van der Waals surface area (Å²) in [7, 11) is -9.94. The zero-order valence-electron chi connectivity index (χ0n) is 67.3. The quantitative estimate of drug-likeness (QED) is 0.0169. The third-order valence-electron chi connectivity index (χ3n) is 19.4. The fourth-order valence-electron chi connectivity index (χ4n) is 12.4. The molecule has 0 aromatic carbocycles. The predicted octanol–water partition coefficient (Wildman–Crippen LogP) is 24.9. The van der Waals surface area contributed by atoms with Gasteiger partial charge in [0.1, 0.15) is 19.3 Å². The third kappa shape index (κ3) is 76.1. The van der Waals surface area contributed by atoms with Crippen molar-refractivity contribution in [2.45, 2.75) is 433 Å². The Balaban J connectivity index is 5.30. The molecule has 19 heteroatoms. The van der Waals surface area contributed by atoms with Crippen molar-refractivity contribution >= 4 is 39.5 Å². The van der Waals surface area contributed by atoms with E-state index in [1.165, 1.54) is 212 Å². The van der Waals surface area contributed by atoms with Crippen LogP contribution in [0, 0.1) is 17.8 Å². The fraction of sp³-hybridized carbons (Fsp3) is 0.905. The van der Waals surface area contributed by atoms with Crippen molar-refractivity contribution in [1.82, 2.24) is 0 Å². The average molecular weight is 1500 g/mol. The second-order valence-electron chi connectivity index (χ2n) is 30.7. The standard InChI is InChI=1S/C84H160O17P2/c1-8-10-11-12-13-14-15-16-18-26-31-38-46-53-60-67-83(88)101-80(72-95-82(87)66-59-52-45-40-33-35-42-49-56-63-76(5)6)74-99-103(92,93)97-70-78(85)69-96-102(90,91)98-73-79(100-84(89)68-61-54-47-39-32-27-20-17-19-23-28-34-41-48-55-62-75(3)4)71-94-81(86)65-58-51-44-37-30-25-22-21-24-29-36-43-50-57-64-77(7)9-2/h14-16,18,75-80,85H,8-13,17,19-74H2,1-7H3,(H,90,91)(H,92,93)/b15-14-,18-16-/t77?,78-,79-,80-/m1/s1. The molecule has 608 valence electrons. The number of hydrogen-bond donors (Lipinski definition) is 3. The molecule has 0 amide bonds. The Labute approximate surface area is 631 Å². The molecule has 0 aromatic heterocycles. The van der Waals surface area contributed by atoms with Gasteiger partial charge in [-0.3, -0.25) is 37.3 Å². The summed E-state index contributed by atoms with van der Waals surface area (Å²) in [5.74, 6) is 0.254. The van der Waals surface area contributed by atoms with Crippen LogP contribution in [0.3, 0.4) is 0 Å². The second kappa shape index (κ2) is 73.7. The summed E-state index contributed by atoms with van der Waals surface area (Å²) in [6, 6.07) is 0. The molecule has 0 aromatic rings. The van der Waals surface area contributed by atoms with E-state index in [-0.39, 0.29) is 25.7 Å². The van der Waals surface area contributed by atoms with E-state index < -0.39 is 97.5 Å². The fourth-order valence-corrected chi connectivity index (χ4v) is 14.0. The summed E-state index contributed by atoms with van der Waals surface area (Å²) in [5.41, 5.74) is 0. The van der Waals surface area contributed by atoms with E-state index >= 15 is 0 Å². The highest BCUT2D eigenvalue weighted by Crippen LogP contribution is 2.45. The van der Waals surface area contributed by atoms with Gasteiger partial charge >= 0.3 is 39.5 Å². The lowest BCUT2D eigenvalue weighted by Gasteiger charge is -2.21. The summed E-state index contributed by atoms with van der Waals surface area (Å²) >= 11 is 0. The third-order valence-corrected chi connectivity index (χ3v) is 21.3. The Morgan fingerprint density at radius 1 is 0.320 bits per heavy atom. The Bertz CT molecular complexity index is 2090. The van der Waals surface area contributed by atoms with Gasteiger partial charge in [-0.05, 0) is 69.1 Å². The van der Waals surface area contributed by atoms with Crippen molar-refractivity contribution in [1.29, 1.82) is 0 Å². The SMILES string of the molecule is CCCCCC/C=C\C=C/CCCCCCCC(=O)O[C@H](COC(=O)CCCCCCCCCCCC(C)C)COP(=O)(O)OC[C@H](O)COP(=O)(O)OC[C@@H](COC(=O)CCCCCCCCCCCCCCCCC(C)CC)OC(=O)CCCCCCCCCCCCCCCCCC(C)C. The Morgan fingerprint density at radius 3 is 0.864 bits per heavy atom. The number of rotatable bonds is 80. The number of carbonyl (C=O) groups is 4. The summed E-state index contributed by atoms with van der Waals surface area (Å²) in [5, 5.41) is 10.7. The van der Waals surface area contributed by atoms with Gasteiger partial charge < -0.3 is 33.8 Å². The summed E-state index contributed by atoms with van der Waals surface area (Å²) in [6.07, 6.45) is 65.9. The number of hydrogen-bond acceptors (Lipinski definition) is 15. The van der Waals surface area contributed by atoms with Crippen LogP contribution < -0.4 is 0 Å². The van der Waals surface area contributed by atoms with Gasteiger partial charge in [-0.1, -0.05) is 362 Å². The molecule has 3 N–H and O–H groups in total. The molecule has 3 unspecified atom stereocenters. The lowest BCUT2D eigenvalue weighted by atomic mass is 9.99. The van der Waals surface area contributed by atoms with Gasteiger partial charge in [-0.2, -0.15) is 0 Å². The van der Waals surface area contributed by atoms with E-state index in [1.807, 2.05) is 0 Å². The molecule has 0 bridgehead atoms. The first-order valence-electron chi connectivity index (χ1n) is 42.7. The van der Waals surface area contributed by atoms with E-state index in [4.69, 9.17) is 37.0 Å². The van der Waals surface area contributed by atoms with Crippen molar-refractivity contribution in [3.8, 4) is 0 Å². The molecule has 0 saturated heterocycles. The number of unbranched alkanes of at least 4 members (excludes halogenated alkanes) is 44. The number of carbonyl (C=O) groups excluding carboxylic acids is 4.